The highest BCUT2D eigenvalue weighted by Crippen LogP contribution is 2.16. The fourth-order valence-corrected chi connectivity index (χ4v) is 1.60. The number of hydrogen-bond acceptors (Lipinski definition) is 4. The van der Waals surface area contributed by atoms with Crippen LogP contribution in [-0.2, 0) is 7.05 Å². The summed E-state index contributed by atoms with van der Waals surface area (Å²) in [6.07, 6.45) is 1.58. The lowest BCUT2D eigenvalue weighted by Crippen LogP contribution is -2.16. The molecular formula is C13H16N4O2. The maximum atomic E-state index is 11.9. The summed E-state index contributed by atoms with van der Waals surface area (Å²) < 4.78 is 6.88. The van der Waals surface area contributed by atoms with Crippen LogP contribution in [0.3, 0.4) is 0 Å². The van der Waals surface area contributed by atoms with E-state index in [1.165, 1.54) is 4.68 Å². The van der Waals surface area contributed by atoms with Crippen molar-refractivity contribution in [3.05, 3.63) is 42.2 Å². The van der Waals surface area contributed by atoms with Gasteiger partial charge in [-0.1, -0.05) is 0 Å². The highest BCUT2D eigenvalue weighted by Gasteiger charge is 2.09. The highest BCUT2D eigenvalue weighted by atomic mass is 16.5. The van der Waals surface area contributed by atoms with Gasteiger partial charge in [-0.15, -0.1) is 0 Å². The zero-order chi connectivity index (χ0) is 13.7. The molecule has 0 bridgehead atoms. The molecule has 0 aliphatic rings. The van der Waals surface area contributed by atoms with Gasteiger partial charge in [0.05, 0.1) is 0 Å². The molecule has 1 aromatic heterocycles. The summed E-state index contributed by atoms with van der Waals surface area (Å²) in [5.74, 6) is 0.527. The van der Waals surface area contributed by atoms with Crippen molar-refractivity contribution in [3.63, 3.8) is 0 Å². The van der Waals surface area contributed by atoms with Crippen LogP contribution < -0.4 is 15.8 Å². The number of ether oxygens (including phenoxy) is 1. The fraction of sp³-hybridized carbons (Fsp3) is 0.231. The normalized spacial score (nSPS) is 10.2. The van der Waals surface area contributed by atoms with E-state index in [1.54, 1.807) is 43.6 Å². The third-order valence-corrected chi connectivity index (χ3v) is 2.55. The van der Waals surface area contributed by atoms with E-state index in [0.29, 0.717) is 24.5 Å². The summed E-state index contributed by atoms with van der Waals surface area (Å²) in [6, 6.07) is 8.79. The van der Waals surface area contributed by atoms with Crippen molar-refractivity contribution in [1.29, 1.82) is 0 Å². The van der Waals surface area contributed by atoms with Crippen molar-refractivity contribution in [2.75, 3.05) is 18.5 Å². The lowest BCUT2D eigenvalue weighted by atomic mass is 10.3. The quantitative estimate of drug-likeness (QED) is 0.840. The van der Waals surface area contributed by atoms with E-state index < -0.39 is 0 Å². The number of amides is 1. The molecule has 1 amide bonds. The van der Waals surface area contributed by atoms with Crippen molar-refractivity contribution in [2.24, 2.45) is 12.8 Å². The topological polar surface area (TPSA) is 82.2 Å². The SMILES string of the molecule is Cn1nccc1C(=O)Nc1ccc(OCCN)cc1. The summed E-state index contributed by atoms with van der Waals surface area (Å²) >= 11 is 0. The second kappa shape index (κ2) is 6.01. The molecule has 2 aromatic rings. The number of nitrogens with one attached hydrogen (secondary N) is 1. The third-order valence-electron chi connectivity index (χ3n) is 2.55. The Morgan fingerprint density at radius 1 is 1.37 bits per heavy atom. The smallest absolute Gasteiger partial charge is 0.273 e. The van der Waals surface area contributed by atoms with Gasteiger partial charge in [-0.25, -0.2) is 0 Å². The van der Waals surface area contributed by atoms with Gasteiger partial charge in [0.1, 0.15) is 18.1 Å². The molecule has 6 nitrogen and oxygen atoms in total. The third kappa shape index (κ3) is 3.32. The Labute approximate surface area is 111 Å². The summed E-state index contributed by atoms with van der Waals surface area (Å²) in [7, 11) is 1.72. The molecular weight excluding hydrogens is 244 g/mol. The monoisotopic (exact) mass is 260 g/mol. The van der Waals surface area contributed by atoms with E-state index in [4.69, 9.17) is 10.5 Å². The van der Waals surface area contributed by atoms with Crippen LogP contribution in [0.2, 0.25) is 0 Å². The number of rotatable bonds is 5. The number of nitrogens with zero attached hydrogens (tertiary/aromatic N) is 2. The van der Waals surface area contributed by atoms with Crippen LogP contribution in [0, 0.1) is 0 Å². The molecule has 100 valence electrons. The molecule has 0 unspecified atom stereocenters. The maximum Gasteiger partial charge on any atom is 0.273 e. The number of aromatic nitrogens is 2. The molecule has 0 saturated carbocycles. The van der Waals surface area contributed by atoms with Gasteiger partial charge in [0.25, 0.3) is 5.91 Å². The van der Waals surface area contributed by atoms with E-state index in [9.17, 15) is 4.79 Å². The highest BCUT2D eigenvalue weighted by molar-refractivity contribution is 6.02. The maximum absolute atomic E-state index is 11.9. The van der Waals surface area contributed by atoms with Crippen LogP contribution in [0.1, 0.15) is 10.5 Å². The average molecular weight is 260 g/mol. The van der Waals surface area contributed by atoms with E-state index in [1.807, 2.05) is 0 Å². The van der Waals surface area contributed by atoms with E-state index >= 15 is 0 Å². The van der Waals surface area contributed by atoms with Crippen LogP contribution in [0.5, 0.6) is 5.75 Å². The minimum atomic E-state index is -0.198. The average Bonchev–Trinajstić information content (AvgIpc) is 2.84. The molecule has 2 rings (SSSR count). The van der Waals surface area contributed by atoms with Gasteiger partial charge < -0.3 is 15.8 Å². The molecule has 0 atom stereocenters. The molecule has 0 saturated heterocycles. The molecule has 1 heterocycles. The Hall–Kier alpha value is -2.34. The predicted molar refractivity (Wildman–Crippen MR) is 72.2 cm³/mol. The van der Waals surface area contributed by atoms with Crippen LogP contribution >= 0.6 is 0 Å². The molecule has 19 heavy (non-hydrogen) atoms. The van der Waals surface area contributed by atoms with E-state index in [-0.39, 0.29) is 5.91 Å². The second-order valence-electron chi connectivity index (χ2n) is 3.96. The Morgan fingerprint density at radius 2 is 2.11 bits per heavy atom. The number of nitrogens with two attached hydrogens (primary N) is 1. The first-order valence-corrected chi connectivity index (χ1v) is 5.93. The van der Waals surface area contributed by atoms with Gasteiger partial charge >= 0.3 is 0 Å². The standard InChI is InChI=1S/C13H16N4O2/c1-17-12(6-8-15-17)13(18)16-10-2-4-11(5-3-10)19-9-7-14/h2-6,8H,7,9,14H2,1H3,(H,16,18). The second-order valence-corrected chi connectivity index (χ2v) is 3.96. The van der Waals surface area contributed by atoms with Gasteiger partial charge in [-0.3, -0.25) is 9.48 Å². The van der Waals surface area contributed by atoms with Crippen LogP contribution in [0.15, 0.2) is 36.5 Å². The summed E-state index contributed by atoms with van der Waals surface area (Å²) in [4.78, 5) is 11.9. The minimum absolute atomic E-state index is 0.198. The molecule has 0 spiro atoms. The number of hydrogen-bond donors (Lipinski definition) is 2. The fourth-order valence-electron chi connectivity index (χ4n) is 1.60. The lowest BCUT2D eigenvalue weighted by molar-refractivity contribution is 0.101. The van der Waals surface area contributed by atoms with Crippen LogP contribution in [-0.4, -0.2) is 28.8 Å². The van der Waals surface area contributed by atoms with Crippen molar-refractivity contribution in [1.82, 2.24) is 9.78 Å². The molecule has 0 radical (unpaired) electrons. The van der Waals surface area contributed by atoms with E-state index in [2.05, 4.69) is 10.4 Å². The molecule has 0 aliphatic carbocycles. The molecule has 3 N–H and O–H groups in total. The summed E-state index contributed by atoms with van der Waals surface area (Å²) in [5, 5.41) is 6.74. The van der Waals surface area contributed by atoms with Gasteiger partial charge in [0.2, 0.25) is 0 Å². The van der Waals surface area contributed by atoms with E-state index in [0.717, 1.165) is 5.75 Å². The summed E-state index contributed by atoms with van der Waals surface area (Å²) in [5.41, 5.74) is 6.55. The first-order valence-electron chi connectivity index (χ1n) is 5.93. The lowest BCUT2D eigenvalue weighted by Gasteiger charge is -2.07. The summed E-state index contributed by atoms with van der Waals surface area (Å²) in [6.45, 7) is 0.944. The van der Waals surface area contributed by atoms with Gasteiger partial charge in [0.15, 0.2) is 0 Å². The Bertz CT molecular complexity index is 548. The molecule has 6 heteroatoms. The predicted octanol–water partition coefficient (Wildman–Crippen LogP) is 1.01. The Balaban J connectivity index is 2.00. The Kier molecular flexibility index (Phi) is 4.15. The zero-order valence-electron chi connectivity index (χ0n) is 10.7. The Morgan fingerprint density at radius 3 is 2.68 bits per heavy atom. The molecule has 0 fully saturated rings. The van der Waals surface area contributed by atoms with Crippen molar-refractivity contribution >= 4 is 11.6 Å². The number of carbonyl (C=O) groups is 1. The van der Waals surface area contributed by atoms with Gasteiger partial charge in [0, 0.05) is 25.5 Å². The van der Waals surface area contributed by atoms with Crippen molar-refractivity contribution in [2.45, 2.75) is 0 Å². The van der Waals surface area contributed by atoms with Crippen molar-refractivity contribution < 1.29 is 9.53 Å². The zero-order valence-corrected chi connectivity index (χ0v) is 10.7. The molecule has 1 aromatic carbocycles. The largest absolute Gasteiger partial charge is 0.492 e. The minimum Gasteiger partial charge on any atom is -0.492 e. The molecule has 0 aliphatic heterocycles. The number of anilines is 1. The van der Waals surface area contributed by atoms with Crippen LogP contribution in [0.25, 0.3) is 0 Å². The first-order chi connectivity index (χ1) is 9.20. The van der Waals surface area contributed by atoms with Gasteiger partial charge in [-0.05, 0) is 30.3 Å². The number of benzene rings is 1. The van der Waals surface area contributed by atoms with Crippen molar-refractivity contribution in [3.8, 4) is 5.75 Å². The first kappa shape index (κ1) is 13.1. The van der Waals surface area contributed by atoms with Crippen LogP contribution in [0.4, 0.5) is 5.69 Å². The van der Waals surface area contributed by atoms with Gasteiger partial charge in [-0.2, -0.15) is 5.10 Å². The number of aryl methyl sites for hydroxylation is 1. The number of carbonyl (C=O) groups excluding carboxylic acids is 1.